The highest BCUT2D eigenvalue weighted by atomic mass is 16.5. The minimum atomic E-state index is -0.600. The van der Waals surface area contributed by atoms with Gasteiger partial charge in [0.05, 0.1) is 12.2 Å². The van der Waals surface area contributed by atoms with Crippen molar-refractivity contribution in [2.45, 2.75) is 25.4 Å². The lowest BCUT2D eigenvalue weighted by atomic mass is 9.88. The molecule has 38 heavy (non-hydrogen) atoms. The summed E-state index contributed by atoms with van der Waals surface area (Å²) in [7, 11) is 0. The van der Waals surface area contributed by atoms with Gasteiger partial charge in [0.1, 0.15) is 18.1 Å². The van der Waals surface area contributed by atoms with Gasteiger partial charge in [0, 0.05) is 18.0 Å². The van der Waals surface area contributed by atoms with Crippen molar-refractivity contribution in [1.82, 2.24) is 0 Å². The van der Waals surface area contributed by atoms with E-state index in [4.69, 9.17) is 9.47 Å². The molecule has 0 spiro atoms. The van der Waals surface area contributed by atoms with E-state index in [2.05, 4.69) is 5.32 Å². The fourth-order valence-electron chi connectivity index (χ4n) is 4.68. The standard InChI is InChI=1S/C32H30N2O4/c1-23-32(36)34(19-20-37-27-15-9-4-10-16-27)29-21-26(17-18-30(29)38-23)33-31(35)22-28(24-11-5-2-6-12-24)25-13-7-3-8-14-25/h2-18,21,23,28H,19-20,22H2,1H3,(H,33,35). The largest absolute Gasteiger partial charge is 0.492 e. The van der Waals surface area contributed by atoms with Gasteiger partial charge in [0.2, 0.25) is 5.91 Å². The molecule has 0 saturated carbocycles. The molecular formula is C32H30N2O4. The molecule has 2 amide bonds. The first-order chi connectivity index (χ1) is 18.6. The van der Waals surface area contributed by atoms with E-state index in [9.17, 15) is 9.59 Å². The molecule has 0 bridgehead atoms. The highest BCUT2D eigenvalue weighted by Crippen LogP contribution is 2.37. The Kier molecular flexibility index (Phi) is 7.69. The second-order valence-electron chi connectivity index (χ2n) is 9.22. The summed E-state index contributed by atoms with van der Waals surface area (Å²) < 4.78 is 11.7. The Hall–Kier alpha value is -4.58. The van der Waals surface area contributed by atoms with E-state index in [0.29, 0.717) is 30.3 Å². The van der Waals surface area contributed by atoms with E-state index >= 15 is 0 Å². The van der Waals surface area contributed by atoms with Crippen molar-refractivity contribution in [2.75, 3.05) is 23.4 Å². The van der Waals surface area contributed by atoms with Gasteiger partial charge in [-0.25, -0.2) is 0 Å². The number of amides is 2. The molecule has 1 aliphatic rings. The number of ether oxygens (including phenoxy) is 2. The van der Waals surface area contributed by atoms with Gasteiger partial charge < -0.3 is 19.7 Å². The Morgan fingerprint density at radius 2 is 1.50 bits per heavy atom. The van der Waals surface area contributed by atoms with Gasteiger partial charge in [0.25, 0.3) is 5.91 Å². The topological polar surface area (TPSA) is 67.9 Å². The number of nitrogens with zero attached hydrogens (tertiary/aromatic N) is 1. The highest BCUT2D eigenvalue weighted by molar-refractivity contribution is 6.01. The lowest BCUT2D eigenvalue weighted by Crippen LogP contribution is -2.46. The van der Waals surface area contributed by atoms with Gasteiger partial charge in [-0.3, -0.25) is 9.59 Å². The van der Waals surface area contributed by atoms with Crippen LogP contribution in [0.1, 0.15) is 30.4 Å². The first-order valence-electron chi connectivity index (χ1n) is 12.8. The van der Waals surface area contributed by atoms with Crippen molar-refractivity contribution in [3.8, 4) is 11.5 Å². The van der Waals surface area contributed by atoms with Crippen LogP contribution in [0.5, 0.6) is 11.5 Å². The summed E-state index contributed by atoms with van der Waals surface area (Å²) in [6.07, 6.45) is -0.316. The van der Waals surface area contributed by atoms with Crippen LogP contribution < -0.4 is 19.7 Å². The van der Waals surface area contributed by atoms with Crippen LogP contribution in [0.25, 0.3) is 0 Å². The second-order valence-corrected chi connectivity index (χ2v) is 9.22. The molecule has 0 radical (unpaired) electrons. The number of carbonyl (C=O) groups excluding carboxylic acids is 2. The molecule has 4 aromatic carbocycles. The normalized spacial score (nSPS) is 14.5. The average Bonchev–Trinajstić information content (AvgIpc) is 2.95. The van der Waals surface area contributed by atoms with E-state index in [1.165, 1.54) is 0 Å². The number of benzene rings is 4. The fraction of sp³-hybridized carbons (Fsp3) is 0.188. The zero-order chi connectivity index (χ0) is 26.3. The lowest BCUT2D eigenvalue weighted by molar-refractivity contribution is -0.125. The van der Waals surface area contributed by atoms with E-state index in [1.54, 1.807) is 30.0 Å². The molecule has 0 aliphatic carbocycles. The number of hydrogen-bond donors (Lipinski definition) is 1. The number of rotatable bonds is 9. The van der Waals surface area contributed by atoms with Gasteiger partial charge >= 0.3 is 0 Å². The number of hydrogen-bond acceptors (Lipinski definition) is 4. The maximum absolute atomic E-state index is 13.2. The summed E-state index contributed by atoms with van der Waals surface area (Å²) in [6.45, 7) is 2.42. The predicted molar refractivity (Wildman–Crippen MR) is 149 cm³/mol. The predicted octanol–water partition coefficient (Wildman–Crippen LogP) is 6.04. The number of anilines is 2. The van der Waals surface area contributed by atoms with Crippen LogP contribution in [-0.4, -0.2) is 31.1 Å². The summed E-state index contributed by atoms with van der Waals surface area (Å²) in [4.78, 5) is 27.9. The van der Waals surface area contributed by atoms with Crippen LogP contribution in [0.3, 0.4) is 0 Å². The first-order valence-corrected chi connectivity index (χ1v) is 12.8. The Morgan fingerprint density at radius 1 is 0.895 bits per heavy atom. The number of fused-ring (bicyclic) bond motifs is 1. The van der Waals surface area contributed by atoms with Crippen LogP contribution in [-0.2, 0) is 9.59 Å². The van der Waals surface area contributed by atoms with Gasteiger partial charge in [-0.05, 0) is 48.4 Å². The molecular weight excluding hydrogens is 476 g/mol. The van der Waals surface area contributed by atoms with Crippen molar-refractivity contribution >= 4 is 23.2 Å². The monoisotopic (exact) mass is 506 g/mol. The molecule has 0 saturated heterocycles. The summed E-state index contributed by atoms with van der Waals surface area (Å²) in [6, 6.07) is 35.0. The van der Waals surface area contributed by atoms with Crippen molar-refractivity contribution in [3.63, 3.8) is 0 Å². The third-order valence-electron chi connectivity index (χ3n) is 6.57. The molecule has 4 aromatic rings. The van der Waals surface area contributed by atoms with E-state index in [1.807, 2.05) is 91.0 Å². The van der Waals surface area contributed by atoms with Gasteiger partial charge in [0.15, 0.2) is 6.10 Å². The Labute approximate surface area is 222 Å². The third-order valence-corrected chi connectivity index (χ3v) is 6.57. The van der Waals surface area contributed by atoms with Crippen LogP contribution in [0.15, 0.2) is 109 Å². The van der Waals surface area contributed by atoms with Gasteiger partial charge in [-0.1, -0.05) is 78.9 Å². The zero-order valence-electron chi connectivity index (χ0n) is 21.2. The first kappa shape index (κ1) is 25.1. The lowest BCUT2D eigenvalue weighted by Gasteiger charge is -2.33. The average molecular weight is 507 g/mol. The van der Waals surface area contributed by atoms with E-state index in [0.717, 1.165) is 16.9 Å². The summed E-state index contributed by atoms with van der Waals surface area (Å²) in [5.41, 5.74) is 3.38. The molecule has 5 rings (SSSR count). The summed E-state index contributed by atoms with van der Waals surface area (Å²) in [5, 5.41) is 3.03. The van der Waals surface area contributed by atoms with Crippen LogP contribution >= 0.6 is 0 Å². The van der Waals surface area contributed by atoms with Gasteiger partial charge in [-0.2, -0.15) is 0 Å². The Morgan fingerprint density at radius 3 is 2.13 bits per heavy atom. The minimum absolute atomic E-state index is 0.0765. The molecule has 1 N–H and O–H groups in total. The molecule has 1 unspecified atom stereocenters. The molecule has 192 valence electrons. The number of nitrogens with one attached hydrogen (secondary N) is 1. The fourth-order valence-corrected chi connectivity index (χ4v) is 4.68. The second kappa shape index (κ2) is 11.6. The van der Waals surface area contributed by atoms with Crippen molar-refractivity contribution in [2.24, 2.45) is 0 Å². The smallest absolute Gasteiger partial charge is 0.267 e. The maximum atomic E-state index is 13.2. The van der Waals surface area contributed by atoms with E-state index in [-0.39, 0.29) is 24.2 Å². The van der Waals surface area contributed by atoms with Gasteiger partial charge in [-0.15, -0.1) is 0 Å². The van der Waals surface area contributed by atoms with Crippen molar-refractivity contribution in [3.05, 3.63) is 120 Å². The quantitative estimate of drug-likeness (QED) is 0.301. The molecule has 0 fully saturated rings. The highest BCUT2D eigenvalue weighted by Gasteiger charge is 2.32. The molecule has 6 nitrogen and oxygen atoms in total. The van der Waals surface area contributed by atoms with E-state index < -0.39 is 6.10 Å². The minimum Gasteiger partial charge on any atom is -0.492 e. The SMILES string of the molecule is CC1Oc2ccc(NC(=O)CC(c3ccccc3)c3ccccc3)cc2N(CCOc2ccccc2)C1=O. The molecule has 0 aromatic heterocycles. The zero-order valence-corrected chi connectivity index (χ0v) is 21.2. The summed E-state index contributed by atoms with van der Waals surface area (Å²) in [5.74, 6) is 1.01. The molecule has 1 aliphatic heterocycles. The van der Waals surface area contributed by atoms with Crippen LogP contribution in [0.4, 0.5) is 11.4 Å². The van der Waals surface area contributed by atoms with Crippen LogP contribution in [0, 0.1) is 0 Å². The van der Waals surface area contributed by atoms with Crippen molar-refractivity contribution in [1.29, 1.82) is 0 Å². The summed E-state index contributed by atoms with van der Waals surface area (Å²) >= 11 is 0. The molecule has 1 heterocycles. The Balaban J connectivity index is 1.31. The number of carbonyl (C=O) groups is 2. The third kappa shape index (κ3) is 5.86. The van der Waals surface area contributed by atoms with Crippen LogP contribution in [0.2, 0.25) is 0 Å². The maximum Gasteiger partial charge on any atom is 0.267 e. The Bertz CT molecular complexity index is 1340. The molecule has 1 atom stereocenters. The van der Waals surface area contributed by atoms with Crippen molar-refractivity contribution < 1.29 is 19.1 Å². The number of para-hydroxylation sites is 1. The molecule has 6 heteroatoms.